The number of hydrogen-bond acceptors (Lipinski definition) is 6. The van der Waals surface area contributed by atoms with Crippen molar-refractivity contribution in [1.29, 1.82) is 0 Å². The third kappa shape index (κ3) is 3.55. The van der Waals surface area contributed by atoms with Gasteiger partial charge in [-0.25, -0.2) is 0 Å². The summed E-state index contributed by atoms with van der Waals surface area (Å²) in [6.07, 6.45) is -0.275. The Morgan fingerprint density at radius 2 is 1.58 bits per heavy atom. The summed E-state index contributed by atoms with van der Waals surface area (Å²) in [6.45, 7) is 0.952. The van der Waals surface area contributed by atoms with Gasteiger partial charge in [-0.05, 0) is 47.5 Å². The first-order valence-corrected chi connectivity index (χ1v) is 12.5. The molecule has 0 radical (unpaired) electrons. The lowest BCUT2D eigenvalue weighted by atomic mass is 10.1. The predicted octanol–water partition coefficient (Wildman–Crippen LogP) is 4.92. The van der Waals surface area contributed by atoms with Gasteiger partial charge in [-0.15, -0.1) is 11.8 Å². The average molecular weight is 453 g/mol. The van der Waals surface area contributed by atoms with Gasteiger partial charge in [0.05, 0.1) is 21.4 Å². The van der Waals surface area contributed by atoms with Crippen LogP contribution in [-0.4, -0.2) is 28.9 Å². The highest BCUT2D eigenvalue weighted by molar-refractivity contribution is 7.99. The Labute approximate surface area is 187 Å². The van der Waals surface area contributed by atoms with Crippen LogP contribution in [0.2, 0.25) is 0 Å². The molecule has 3 aliphatic rings. The van der Waals surface area contributed by atoms with Gasteiger partial charge in [-0.3, -0.25) is 4.21 Å². The second-order valence-electron chi connectivity index (χ2n) is 7.59. The van der Waals surface area contributed by atoms with Gasteiger partial charge in [-0.2, -0.15) is 0 Å². The van der Waals surface area contributed by atoms with Crippen LogP contribution in [0.4, 0.5) is 0 Å². The van der Waals surface area contributed by atoms with Crippen LogP contribution in [0.5, 0.6) is 23.0 Å². The Morgan fingerprint density at radius 3 is 2.52 bits per heavy atom. The van der Waals surface area contributed by atoms with E-state index in [0.717, 1.165) is 43.9 Å². The number of para-hydroxylation sites is 2. The van der Waals surface area contributed by atoms with E-state index < -0.39 is 10.8 Å². The van der Waals surface area contributed by atoms with Crippen LogP contribution < -0.4 is 18.9 Å². The number of fused-ring (bicyclic) bond motifs is 3. The quantitative estimate of drug-likeness (QED) is 0.550. The van der Waals surface area contributed by atoms with Crippen molar-refractivity contribution in [1.82, 2.24) is 0 Å². The van der Waals surface area contributed by atoms with E-state index in [2.05, 4.69) is 18.2 Å². The van der Waals surface area contributed by atoms with E-state index >= 15 is 0 Å². The minimum atomic E-state index is -0.983. The summed E-state index contributed by atoms with van der Waals surface area (Å²) in [5.41, 5.74) is 2.06. The highest BCUT2D eigenvalue weighted by atomic mass is 32.2. The van der Waals surface area contributed by atoms with Crippen molar-refractivity contribution < 1.29 is 23.2 Å². The fourth-order valence-corrected chi connectivity index (χ4v) is 6.02. The van der Waals surface area contributed by atoms with E-state index in [1.54, 1.807) is 11.8 Å². The minimum absolute atomic E-state index is 0.0961. The smallest absolute Gasteiger partial charge is 0.162 e. The Balaban J connectivity index is 1.25. The van der Waals surface area contributed by atoms with Gasteiger partial charge in [-0.1, -0.05) is 24.3 Å². The molecule has 0 bridgehead atoms. The summed E-state index contributed by atoms with van der Waals surface area (Å²) in [4.78, 5) is 1.89. The van der Waals surface area contributed by atoms with Gasteiger partial charge in [0, 0.05) is 10.6 Å². The second kappa shape index (κ2) is 7.80. The number of thioether (sulfide) groups is 1. The molecule has 3 aromatic carbocycles. The van der Waals surface area contributed by atoms with Crippen LogP contribution in [-0.2, 0) is 10.8 Å². The summed E-state index contributed by atoms with van der Waals surface area (Å²) >= 11 is 1.78. The molecule has 0 aliphatic carbocycles. The SMILES string of the molecule is O=S1CCOc2cc(C3CSc4ccc(C5COc6ccccc6O5)cc4O3)ccc21. The molecule has 0 saturated heterocycles. The van der Waals surface area contributed by atoms with E-state index in [1.165, 1.54) is 0 Å². The van der Waals surface area contributed by atoms with E-state index in [4.69, 9.17) is 18.9 Å². The highest BCUT2D eigenvalue weighted by Gasteiger charge is 2.28. The minimum Gasteiger partial charge on any atom is -0.491 e. The first kappa shape index (κ1) is 19.1. The molecule has 158 valence electrons. The summed E-state index contributed by atoms with van der Waals surface area (Å²) in [7, 11) is -0.983. The molecule has 5 nitrogen and oxygen atoms in total. The molecule has 3 aliphatic heterocycles. The molecule has 0 aromatic heterocycles. The zero-order valence-corrected chi connectivity index (χ0v) is 18.2. The van der Waals surface area contributed by atoms with Crippen molar-refractivity contribution in [2.24, 2.45) is 0 Å². The Bertz CT molecular complexity index is 1180. The molecule has 0 fully saturated rings. The van der Waals surface area contributed by atoms with Crippen LogP contribution in [0.3, 0.4) is 0 Å². The lowest BCUT2D eigenvalue weighted by Gasteiger charge is -2.30. The molecule has 6 rings (SSSR count). The zero-order chi connectivity index (χ0) is 20.8. The third-order valence-electron chi connectivity index (χ3n) is 5.62. The standard InChI is InChI=1S/C24H20O5S2/c25-31-10-9-26-20-12-16(6-8-24(20)31)22-14-30-23-7-5-15(11-19(23)29-22)21-13-27-17-3-1-2-4-18(17)28-21/h1-8,11-12,21-22H,9-10,13-14H2. The molecular formula is C24H20O5S2. The van der Waals surface area contributed by atoms with Crippen LogP contribution in [0.15, 0.2) is 70.5 Å². The highest BCUT2D eigenvalue weighted by Crippen LogP contribution is 2.44. The fraction of sp³-hybridized carbons (Fsp3) is 0.250. The van der Waals surface area contributed by atoms with Crippen LogP contribution >= 0.6 is 11.8 Å². The number of hydrogen-bond donors (Lipinski definition) is 0. The van der Waals surface area contributed by atoms with E-state index in [-0.39, 0.29) is 12.2 Å². The van der Waals surface area contributed by atoms with E-state index in [0.29, 0.717) is 24.7 Å². The fourth-order valence-electron chi connectivity index (χ4n) is 4.00. The van der Waals surface area contributed by atoms with Gasteiger partial charge in [0.25, 0.3) is 0 Å². The zero-order valence-electron chi connectivity index (χ0n) is 16.6. The normalized spacial score (nSPS) is 23.7. The lowest BCUT2D eigenvalue weighted by Crippen LogP contribution is -2.22. The van der Waals surface area contributed by atoms with Crippen molar-refractivity contribution in [3.63, 3.8) is 0 Å². The molecule has 0 spiro atoms. The van der Waals surface area contributed by atoms with Crippen LogP contribution in [0, 0.1) is 0 Å². The van der Waals surface area contributed by atoms with Gasteiger partial charge in [0.1, 0.15) is 30.8 Å². The van der Waals surface area contributed by atoms with E-state index in [9.17, 15) is 4.21 Å². The summed E-state index contributed by atoms with van der Waals surface area (Å²) in [5, 5.41) is 0. The van der Waals surface area contributed by atoms with Crippen LogP contribution in [0.25, 0.3) is 0 Å². The molecule has 7 heteroatoms. The van der Waals surface area contributed by atoms with Gasteiger partial charge in [0.15, 0.2) is 17.6 Å². The van der Waals surface area contributed by atoms with Gasteiger partial charge < -0.3 is 18.9 Å². The summed E-state index contributed by atoms with van der Waals surface area (Å²) in [6, 6.07) is 19.8. The molecule has 31 heavy (non-hydrogen) atoms. The summed E-state index contributed by atoms with van der Waals surface area (Å²) in [5.74, 6) is 4.46. The molecule has 3 aromatic rings. The topological polar surface area (TPSA) is 54.0 Å². The average Bonchev–Trinajstić information content (AvgIpc) is 2.83. The van der Waals surface area contributed by atoms with Crippen molar-refractivity contribution in [3.8, 4) is 23.0 Å². The Morgan fingerprint density at radius 1 is 0.806 bits per heavy atom. The van der Waals surface area contributed by atoms with Gasteiger partial charge >= 0.3 is 0 Å². The maximum absolute atomic E-state index is 12.2. The second-order valence-corrected chi connectivity index (χ2v) is 10.2. The molecule has 0 saturated carbocycles. The summed E-state index contributed by atoms with van der Waals surface area (Å²) < 4.78 is 36.3. The number of ether oxygens (including phenoxy) is 4. The van der Waals surface area contributed by atoms with Crippen molar-refractivity contribution in [2.45, 2.75) is 22.0 Å². The predicted molar refractivity (Wildman–Crippen MR) is 119 cm³/mol. The maximum atomic E-state index is 12.2. The molecule has 3 heterocycles. The Kier molecular flexibility index (Phi) is 4.80. The van der Waals surface area contributed by atoms with E-state index in [1.807, 2.05) is 42.5 Å². The molecule has 3 unspecified atom stereocenters. The molecule has 3 atom stereocenters. The van der Waals surface area contributed by atoms with Crippen molar-refractivity contribution in [3.05, 3.63) is 71.8 Å². The Hall–Kier alpha value is -2.64. The first-order valence-electron chi connectivity index (χ1n) is 10.2. The van der Waals surface area contributed by atoms with Crippen molar-refractivity contribution >= 4 is 22.6 Å². The van der Waals surface area contributed by atoms with Crippen molar-refractivity contribution in [2.75, 3.05) is 24.7 Å². The molecule has 0 amide bonds. The third-order valence-corrected chi connectivity index (χ3v) is 8.10. The molecular weight excluding hydrogens is 432 g/mol. The monoisotopic (exact) mass is 452 g/mol. The first-order chi connectivity index (χ1) is 15.2. The number of rotatable bonds is 2. The largest absolute Gasteiger partial charge is 0.491 e. The van der Waals surface area contributed by atoms with Gasteiger partial charge in [0.2, 0.25) is 0 Å². The number of benzene rings is 3. The molecule has 0 N–H and O–H groups in total. The lowest BCUT2D eigenvalue weighted by molar-refractivity contribution is 0.0908. The van der Waals surface area contributed by atoms with Crippen LogP contribution in [0.1, 0.15) is 23.3 Å². The maximum Gasteiger partial charge on any atom is 0.162 e.